The Kier molecular flexibility index (Phi) is 5.56. The molecule has 2 rings (SSSR count). The van der Waals surface area contributed by atoms with Crippen LogP contribution in [0.1, 0.15) is 6.92 Å². The van der Waals surface area contributed by atoms with Crippen molar-refractivity contribution in [2.45, 2.75) is 17.9 Å². The van der Waals surface area contributed by atoms with Crippen LogP contribution < -0.4 is 4.72 Å². The summed E-state index contributed by atoms with van der Waals surface area (Å²) in [4.78, 5) is 2.04. The van der Waals surface area contributed by atoms with E-state index in [4.69, 9.17) is 16.3 Å². The molecule has 0 radical (unpaired) electrons. The van der Waals surface area contributed by atoms with Crippen LogP contribution in [-0.2, 0) is 14.8 Å². The average Bonchev–Trinajstić information content (AvgIpc) is 2.45. The molecule has 1 N–H and O–H groups in total. The normalized spacial score (nSPS) is 18.6. The molecule has 1 atom stereocenters. The summed E-state index contributed by atoms with van der Waals surface area (Å²) < 4.78 is 45.1. The van der Waals surface area contributed by atoms with Crippen molar-refractivity contribution in [2.24, 2.45) is 0 Å². The number of sulfonamides is 1. The van der Waals surface area contributed by atoms with E-state index in [0.29, 0.717) is 13.2 Å². The average molecular weight is 337 g/mol. The minimum absolute atomic E-state index is 0.0444. The van der Waals surface area contributed by atoms with Crippen LogP contribution in [0, 0.1) is 5.82 Å². The molecule has 1 aromatic carbocycles. The maximum absolute atomic E-state index is 13.0. The lowest BCUT2D eigenvalue weighted by atomic mass is 10.2. The Balaban J connectivity index is 2.00. The fraction of sp³-hybridized carbons (Fsp3) is 0.538. The van der Waals surface area contributed by atoms with Gasteiger partial charge in [0.15, 0.2) is 0 Å². The summed E-state index contributed by atoms with van der Waals surface area (Å²) in [5, 5.41) is -0.124. The lowest BCUT2D eigenvalue weighted by Gasteiger charge is -2.32. The van der Waals surface area contributed by atoms with E-state index in [0.717, 1.165) is 25.2 Å². The summed E-state index contributed by atoms with van der Waals surface area (Å²) in [5.74, 6) is -0.569. The molecule has 1 aliphatic heterocycles. The molecule has 0 saturated carbocycles. The van der Waals surface area contributed by atoms with Crippen molar-refractivity contribution in [3.8, 4) is 0 Å². The van der Waals surface area contributed by atoms with Gasteiger partial charge in [0.2, 0.25) is 10.0 Å². The van der Waals surface area contributed by atoms with Crippen LogP contribution in [0.4, 0.5) is 4.39 Å². The van der Waals surface area contributed by atoms with Crippen LogP contribution in [0.25, 0.3) is 0 Å². The van der Waals surface area contributed by atoms with Crippen LogP contribution in [0.3, 0.4) is 0 Å². The highest BCUT2D eigenvalue weighted by Crippen LogP contribution is 2.22. The molecule has 21 heavy (non-hydrogen) atoms. The van der Waals surface area contributed by atoms with Gasteiger partial charge in [0, 0.05) is 25.7 Å². The number of ether oxygens (including phenoxy) is 1. The van der Waals surface area contributed by atoms with Crippen LogP contribution in [0.5, 0.6) is 0 Å². The molecule has 5 nitrogen and oxygen atoms in total. The number of nitrogens with one attached hydrogen (secondary N) is 1. The van der Waals surface area contributed by atoms with Crippen molar-refractivity contribution in [2.75, 3.05) is 32.8 Å². The molecular formula is C13H18ClFN2O3S. The molecule has 1 aromatic rings. The number of rotatable bonds is 5. The third kappa shape index (κ3) is 4.37. The molecule has 1 saturated heterocycles. The lowest BCUT2D eigenvalue weighted by molar-refractivity contribution is 0.0213. The smallest absolute Gasteiger partial charge is 0.242 e. The summed E-state index contributed by atoms with van der Waals surface area (Å²) in [7, 11) is -3.75. The zero-order valence-electron chi connectivity index (χ0n) is 11.7. The molecule has 0 amide bonds. The summed E-state index contributed by atoms with van der Waals surface area (Å²) in [5.41, 5.74) is 0. The SMILES string of the molecule is C[C@H](CNS(=O)(=O)c1ccc(F)cc1Cl)N1CCOCC1. The van der Waals surface area contributed by atoms with E-state index in [2.05, 4.69) is 9.62 Å². The van der Waals surface area contributed by atoms with Crippen molar-refractivity contribution in [1.82, 2.24) is 9.62 Å². The van der Waals surface area contributed by atoms with Gasteiger partial charge in [0.1, 0.15) is 10.7 Å². The van der Waals surface area contributed by atoms with Gasteiger partial charge in [-0.15, -0.1) is 0 Å². The van der Waals surface area contributed by atoms with Crippen LogP contribution in [0.15, 0.2) is 23.1 Å². The Morgan fingerprint density at radius 2 is 2.10 bits per heavy atom. The largest absolute Gasteiger partial charge is 0.379 e. The highest BCUT2D eigenvalue weighted by atomic mass is 35.5. The predicted octanol–water partition coefficient (Wildman–Crippen LogP) is 1.48. The summed E-state index contributed by atoms with van der Waals surface area (Å²) >= 11 is 5.79. The fourth-order valence-electron chi connectivity index (χ4n) is 2.15. The highest BCUT2D eigenvalue weighted by Gasteiger charge is 2.22. The van der Waals surface area contributed by atoms with Crippen molar-refractivity contribution in [1.29, 1.82) is 0 Å². The Morgan fingerprint density at radius 1 is 1.43 bits per heavy atom. The summed E-state index contributed by atoms with van der Waals surface area (Å²) in [6.45, 7) is 5.07. The van der Waals surface area contributed by atoms with Crippen molar-refractivity contribution < 1.29 is 17.5 Å². The first-order chi connectivity index (χ1) is 9.90. The number of hydrogen-bond donors (Lipinski definition) is 1. The lowest BCUT2D eigenvalue weighted by Crippen LogP contribution is -2.47. The van der Waals surface area contributed by atoms with Crippen LogP contribution in [-0.4, -0.2) is 52.2 Å². The van der Waals surface area contributed by atoms with Crippen molar-refractivity contribution >= 4 is 21.6 Å². The predicted molar refractivity (Wildman–Crippen MR) is 78.5 cm³/mol. The van der Waals surface area contributed by atoms with Gasteiger partial charge in [-0.2, -0.15) is 0 Å². The maximum atomic E-state index is 13.0. The minimum Gasteiger partial charge on any atom is -0.379 e. The zero-order valence-corrected chi connectivity index (χ0v) is 13.3. The molecule has 118 valence electrons. The first-order valence-electron chi connectivity index (χ1n) is 6.66. The van der Waals surface area contributed by atoms with Gasteiger partial charge in [0.05, 0.1) is 18.2 Å². The van der Waals surface area contributed by atoms with Gasteiger partial charge in [-0.1, -0.05) is 11.6 Å². The third-order valence-corrected chi connectivity index (χ3v) is 5.33. The maximum Gasteiger partial charge on any atom is 0.242 e. The van der Waals surface area contributed by atoms with Gasteiger partial charge in [-0.25, -0.2) is 17.5 Å². The second-order valence-electron chi connectivity index (χ2n) is 4.92. The van der Waals surface area contributed by atoms with E-state index in [1.807, 2.05) is 6.92 Å². The van der Waals surface area contributed by atoms with E-state index in [1.54, 1.807) is 0 Å². The van der Waals surface area contributed by atoms with Gasteiger partial charge in [-0.05, 0) is 25.1 Å². The number of hydrogen-bond acceptors (Lipinski definition) is 4. The highest BCUT2D eigenvalue weighted by molar-refractivity contribution is 7.89. The van der Waals surface area contributed by atoms with Crippen molar-refractivity contribution in [3.63, 3.8) is 0 Å². The van der Waals surface area contributed by atoms with E-state index in [1.165, 1.54) is 6.07 Å². The Labute approximate surface area is 129 Å². The number of halogens is 2. The van der Waals surface area contributed by atoms with Crippen LogP contribution >= 0.6 is 11.6 Å². The van der Waals surface area contributed by atoms with Gasteiger partial charge in [-0.3, -0.25) is 4.90 Å². The van der Waals surface area contributed by atoms with E-state index in [9.17, 15) is 12.8 Å². The van der Waals surface area contributed by atoms with E-state index < -0.39 is 15.8 Å². The molecule has 0 unspecified atom stereocenters. The number of nitrogens with zero attached hydrogens (tertiary/aromatic N) is 1. The third-order valence-electron chi connectivity index (χ3n) is 3.42. The molecule has 0 spiro atoms. The van der Waals surface area contributed by atoms with Gasteiger partial charge in [0.25, 0.3) is 0 Å². The fourth-order valence-corrected chi connectivity index (χ4v) is 3.80. The first-order valence-corrected chi connectivity index (χ1v) is 8.53. The molecule has 1 heterocycles. The molecule has 1 fully saturated rings. The van der Waals surface area contributed by atoms with Gasteiger partial charge < -0.3 is 4.74 Å². The minimum atomic E-state index is -3.75. The Hall–Kier alpha value is -0.730. The van der Waals surface area contributed by atoms with Crippen molar-refractivity contribution in [3.05, 3.63) is 29.0 Å². The second kappa shape index (κ2) is 7.02. The first kappa shape index (κ1) is 16.6. The molecule has 0 bridgehead atoms. The van der Waals surface area contributed by atoms with E-state index in [-0.39, 0.29) is 22.5 Å². The number of morpholine rings is 1. The zero-order chi connectivity index (χ0) is 15.5. The molecule has 1 aliphatic rings. The van der Waals surface area contributed by atoms with E-state index >= 15 is 0 Å². The number of benzene rings is 1. The quantitative estimate of drug-likeness (QED) is 0.885. The Bertz CT molecular complexity index is 591. The monoisotopic (exact) mass is 336 g/mol. The second-order valence-corrected chi connectivity index (χ2v) is 7.07. The summed E-state index contributed by atoms with van der Waals surface area (Å²) in [6, 6.07) is 3.27. The summed E-state index contributed by atoms with van der Waals surface area (Å²) in [6.07, 6.45) is 0. The molecule has 0 aromatic heterocycles. The molecule has 0 aliphatic carbocycles. The Morgan fingerprint density at radius 3 is 2.71 bits per heavy atom. The topological polar surface area (TPSA) is 58.6 Å². The molecular weight excluding hydrogens is 319 g/mol. The van der Waals surface area contributed by atoms with Crippen LogP contribution in [0.2, 0.25) is 5.02 Å². The molecule has 8 heteroatoms. The standard InChI is InChI=1S/C13H18ClFN2O3S/c1-10(17-4-6-20-7-5-17)9-16-21(18,19)13-3-2-11(15)8-12(13)14/h2-3,8,10,16H,4-7,9H2,1H3/t10-/m1/s1. The van der Waals surface area contributed by atoms with Gasteiger partial charge >= 0.3 is 0 Å².